The molecule has 9 rings (SSSR count). The summed E-state index contributed by atoms with van der Waals surface area (Å²) in [6.45, 7) is 0. The summed E-state index contributed by atoms with van der Waals surface area (Å²) in [6, 6.07) is 39.7. The van der Waals surface area contributed by atoms with E-state index in [1.807, 2.05) is 59.2 Å². The molecule has 2 heterocycles. The van der Waals surface area contributed by atoms with Crippen LogP contribution in [0.15, 0.2) is 126 Å². The van der Waals surface area contributed by atoms with Gasteiger partial charge in [0.05, 0.1) is 22.2 Å². The molecule has 1 aliphatic carbocycles. The lowest BCUT2D eigenvalue weighted by atomic mass is 9.86. The molecular formula is C38H25N3O. The van der Waals surface area contributed by atoms with Gasteiger partial charge in [0.2, 0.25) is 0 Å². The molecule has 0 unspecified atom stereocenters. The molecule has 42 heavy (non-hydrogen) atoms. The Hall–Kier alpha value is -5.48. The molecule has 0 atom stereocenters. The van der Waals surface area contributed by atoms with Gasteiger partial charge < -0.3 is 0 Å². The monoisotopic (exact) mass is 539 g/mol. The first-order chi connectivity index (χ1) is 20.8. The van der Waals surface area contributed by atoms with Crippen molar-refractivity contribution in [1.82, 2.24) is 14.0 Å². The third-order valence-electron chi connectivity index (χ3n) is 8.79. The SMILES string of the molecule is O=c1n(-c2ccccc2)c2cc(-c3ccc4c5c(c6ccccc6c4c3)CCC=C5)ccc2c2nc3ccccc3n12. The zero-order valence-electron chi connectivity index (χ0n) is 22.8. The number of allylic oxidation sites excluding steroid dienone is 1. The minimum absolute atomic E-state index is 0.127. The number of nitrogens with zero attached hydrogens (tertiary/aromatic N) is 3. The molecule has 2 aromatic heterocycles. The quantitative estimate of drug-likeness (QED) is 0.206. The first-order valence-corrected chi connectivity index (χ1v) is 14.4. The third-order valence-corrected chi connectivity index (χ3v) is 8.79. The van der Waals surface area contributed by atoms with Crippen molar-refractivity contribution in [2.24, 2.45) is 0 Å². The zero-order chi connectivity index (χ0) is 27.8. The van der Waals surface area contributed by atoms with E-state index < -0.39 is 0 Å². The van der Waals surface area contributed by atoms with Crippen LogP contribution in [-0.2, 0) is 6.42 Å². The van der Waals surface area contributed by atoms with Crippen molar-refractivity contribution in [3.8, 4) is 16.8 Å². The molecule has 0 radical (unpaired) electrons. The molecule has 198 valence electrons. The summed E-state index contributed by atoms with van der Waals surface area (Å²) in [5.41, 5.74) is 8.80. The van der Waals surface area contributed by atoms with Crippen LogP contribution in [-0.4, -0.2) is 14.0 Å². The van der Waals surface area contributed by atoms with E-state index in [1.165, 1.54) is 32.7 Å². The molecule has 0 fully saturated rings. The highest BCUT2D eigenvalue weighted by Crippen LogP contribution is 2.39. The zero-order valence-corrected chi connectivity index (χ0v) is 22.8. The summed E-state index contributed by atoms with van der Waals surface area (Å²) < 4.78 is 3.56. The maximum absolute atomic E-state index is 14.2. The highest BCUT2D eigenvalue weighted by atomic mass is 16.1. The van der Waals surface area contributed by atoms with Crippen molar-refractivity contribution < 1.29 is 0 Å². The molecule has 0 bridgehead atoms. The second kappa shape index (κ2) is 8.76. The average molecular weight is 540 g/mol. The molecule has 1 aliphatic rings. The number of para-hydroxylation sites is 3. The van der Waals surface area contributed by atoms with Gasteiger partial charge in [-0.05, 0) is 99.1 Å². The number of benzene rings is 6. The number of rotatable bonds is 2. The van der Waals surface area contributed by atoms with Crippen LogP contribution < -0.4 is 5.69 Å². The number of hydrogen-bond donors (Lipinski definition) is 0. The first kappa shape index (κ1) is 23.2. The number of imidazole rings is 1. The van der Waals surface area contributed by atoms with Crippen molar-refractivity contribution in [2.45, 2.75) is 12.8 Å². The normalized spacial score (nSPS) is 13.0. The van der Waals surface area contributed by atoms with Crippen LogP contribution in [0.1, 0.15) is 17.5 Å². The van der Waals surface area contributed by atoms with Crippen molar-refractivity contribution in [2.75, 3.05) is 0 Å². The topological polar surface area (TPSA) is 39.3 Å². The van der Waals surface area contributed by atoms with Gasteiger partial charge in [-0.15, -0.1) is 0 Å². The summed E-state index contributed by atoms with van der Waals surface area (Å²) in [7, 11) is 0. The Morgan fingerprint density at radius 3 is 2.24 bits per heavy atom. The molecule has 6 aromatic carbocycles. The van der Waals surface area contributed by atoms with Crippen LogP contribution in [0.25, 0.3) is 72.0 Å². The van der Waals surface area contributed by atoms with Crippen molar-refractivity contribution >= 4 is 55.2 Å². The molecule has 4 nitrogen and oxygen atoms in total. The molecule has 0 spiro atoms. The minimum Gasteiger partial charge on any atom is -0.262 e. The summed E-state index contributed by atoms with van der Waals surface area (Å²) in [5, 5.41) is 6.10. The Morgan fingerprint density at radius 2 is 1.36 bits per heavy atom. The van der Waals surface area contributed by atoms with E-state index in [2.05, 4.69) is 72.8 Å². The third kappa shape index (κ3) is 3.23. The largest absolute Gasteiger partial charge is 0.339 e. The fourth-order valence-corrected chi connectivity index (χ4v) is 6.87. The molecular weight excluding hydrogens is 514 g/mol. The molecule has 8 aromatic rings. The summed E-state index contributed by atoms with van der Waals surface area (Å²) >= 11 is 0. The summed E-state index contributed by atoms with van der Waals surface area (Å²) in [4.78, 5) is 19.1. The minimum atomic E-state index is -0.127. The van der Waals surface area contributed by atoms with E-state index in [4.69, 9.17) is 4.98 Å². The van der Waals surface area contributed by atoms with E-state index in [0.717, 1.165) is 51.6 Å². The predicted molar refractivity (Wildman–Crippen MR) is 174 cm³/mol. The van der Waals surface area contributed by atoms with Crippen LogP contribution in [0.3, 0.4) is 0 Å². The van der Waals surface area contributed by atoms with E-state index in [0.29, 0.717) is 5.65 Å². The molecule has 0 saturated heterocycles. The van der Waals surface area contributed by atoms with Gasteiger partial charge in [0.1, 0.15) is 0 Å². The molecule has 4 heteroatoms. The lowest BCUT2D eigenvalue weighted by Gasteiger charge is -2.19. The van der Waals surface area contributed by atoms with Crippen LogP contribution >= 0.6 is 0 Å². The fourth-order valence-electron chi connectivity index (χ4n) is 6.87. The predicted octanol–water partition coefficient (Wildman–Crippen LogP) is 8.72. The first-order valence-electron chi connectivity index (χ1n) is 14.4. The van der Waals surface area contributed by atoms with Crippen molar-refractivity contribution in [3.05, 3.63) is 143 Å². The van der Waals surface area contributed by atoms with Gasteiger partial charge in [0.25, 0.3) is 0 Å². The standard InChI is InChI=1S/C38H25N3O/c42-38-40(26-10-2-1-3-11-26)36-23-25(19-21-32(36)37-39-34-16-8-9-17-35(34)41(37)38)24-18-20-31-29-14-5-4-12-27(29)28-13-6-7-15-30(28)33(31)22-24/h1-3,5-11,13-23H,4,12H2. The van der Waals surface area contributed by atoms with E-state index in [-0.39, 0.29) is 5.69 Å². The number of aromatic nitrogens is 3. The van der Waals surface area contributed by atoms with Crippen molar-refractivity contribution in [1.29, 1.82) is 0 Å². The van der Waals surface area contributed by atoms with Gasteiger partial charge in [-0.1, -0.05) is 84.9 Å². The van der Waals surface area contributed by atoms with Crippen LogP contribution in [0.5, 0.6) is 0 Å². The Labute approximate surface area is 241 Å². The Bertz CT molecular complexity index is 2480. The molecule has 0 saturated carbocycles. The Kier molecular flexibility index (Phi) is 4.85. The van der Waals surface area contributed by atoms with Gasteiger partial charge in [0, 0.05) is 5.39 Å². The number of aryl methyl sites for hydroxylation is 1. The molecule has 0 aliphatic heterocycles. The van der Waals surface area contributed by atoms with Gasteiger partial charge >= 0.3 is 5.69 Å². The Balaban J connectivity index is 1.35. The van der Waals surface area contributed by atoms with Gasteiger partial charge in [-0.2, -0.15) is 0 Å². The van der Waals surface area contributed by atoms with Gasteiger partial charge in [-0.3, -0.25) is 4.57 Å². The van der Waals surface area contributed by atoms with E-state index >= 15 is 0 Å². The maximum Gasteiger partial charge on any atom is 0.339 e. The number of fused-ring (bicyclic) bond motifs is 11. The van der Waals surface area contributed by atoms with Crippen LogP contribution in [0.2, 0.25) is 0 Å². The summed E-state index contributed by atoms with van der Waals surface area (Å²) in [6.07, 6.45) is 6.74. The highest BCUT2D eigenvalue weighted by Gasteiger charge is 2.18. The van der Waals surface area contributed by atoms with Crippen molar-refractivity contribution in [3.63, 3.8) is 0 Å². The average Bonchev–Trinajstić information content (AvgIpc) is 3.45. The fraction of sp³-hybridized carbons (Fsp3) is 0.0526. The highest BCUT2D eigenvalue weighted by molar-refractivity contribution is 6.14. The maximum atomic E-state index is 14.2. The lowest BCUT2D eigenvalue weighted by Crippen LogP contribution is -2.25. The van der Waals surface area contributed by atoms with Gasteiger partial charge in [-0.25, -0.2) is 14.2 Å². The molecule has 0 N–H and O–H groups in total. The van der Waals surface area contributed by atoms with E-state index in [9.17, 15) is 4.79 Å². The second-order valence-electron chi connectivity index (χ2n) is 11.1. The van der Waals surface area contributed by atoms with E-state index in [1.54, 1.807) is 4.40 Å². The van der Waals surface area contributed by atoms with Crippen LogP contribution in [0.4, 0.5) is 0 Å². The van der Waals surface area contributed by atoms with Gasteiger partial charge in [0.15, 0.2) is 5.65 Å². The van der Waals surface area contributed by atoms with Crippen LogP contribution in [0, 0.1) is 0 Å². The molecule has 0 amide bonds. The smallest absolute Gasteiger partial charge is 0.262 e. The second-order valence-corrected chi connectivity index (χ2v) is 11.1. The number of hydrogen-bond acceptors (Lipinski definition) is 2. The summed E-state index contributed by atoms with van der Waals surface area (Å²) in [5.74, 6) is 0. The Morgan fingerprint density at radius 1 is 0.619 bits per heavy atom. The lowest BCUT2D eigenvalue weighted by molar-refractivity contribution is 0.932.